The van der Waals surface area contributed by atoms with E-state index in [9.17, 15) is 20.0 Å². The van der Waals surface area contributed by atoms with Gasteiger partial charge in [0, 0.05) is 12.6 Å². The largest absolute Gasteiger partial charge is 0.508 e. The summed E-state index contributed by atoms with van der Waals surface area (Å²) < 4.78 is 0. The van der Waals surface area contributed by atoms with E-state index in [4.69, 9.17) is 0 Å². The Morgan fingerprint density at radius 1 is 1.50 bits per heavy atom. The monoisotopic (exact) mass is 250 g/mol. The summed E-state index contributed by atoms with van der Waals surface area (Å²) in [4.78, 5) is 22.0. The van der Waals surface area contributed by atoms with Crippen molar-refractivity contribution in [1.29, 1.82) is 0 Å². The fourth-order valence-corrected chi connectivity index (χ4v) is 1.89. The predicted molar refractivity (Wildman–Crippen MR) is 64.4 cm³/mol. The average Bonchev–Trinajstić information content (AvgIpc) is 2.26. The van der Waals surface area contributed by atoms with Crippen LogP contribution < -0.4 is 5.32 Å². The molecule has 0 saturated heterocycles. The van der Waals surface area contributed by atoms with Crippen LogP contribution >= 0.6 is 0 Å². The molecule has 1 amide bonds. The molecule has 96 valence electrons. The van der Waals surface area contributed by atoms with Crippen LogP contribution in [0.4, 0.5) is 5.69 Å². The highest BCUT2D eigenvalue weighted by Gasteiger charge is 2.23. The summed E-state index contributed by atoms with van der Waals surface area (Å²) in [6, 6.07) is 3.45. The van der Waals surface area contributed by atoms with E-state index in [1.165, 1.54) is 12.5 Å². The zero-order chi connectivity index (χ0) is 13.1. The molecule has 18 heavy (non-hydrogen) atoms. The lowest BCUT2D eigenvalue weighted by molar-refractivity contribution is -0.385. The van der Waals surface area contributed by atoms with E-state index < -0.39 is 10.8 Å². The van der Waals surface area contributed by atoms with Gasteiger partial charge < -0.3 is 10.4 Å². The number of rotatable bonds is 4. The van der Waals surface area contributed by atoms with Gasteiger partial charge in [-0.1, -0.05) is 6.42 Å². The quantitative estimate of drug-likeness (QED) is 0.629. The van der Waals surface area contributed by atoms with Gasteiger partial charge in [-0.2, -0.15) is 0 Å². The van der Waals surface area contributed by atoms with E-state index in [1.54, 1.807) is 0 Å². The van der Waals surface area contributed by atoms with Crippen molar-refractivity contribution in [2.45, 2.75) is 19.3 Å². The molecule has 0 radical (unpaired) electrons. The highest BCUT2D eigenvalue weighted by Crippen LogP contribution is 2.26. The number of amides is 1. The second kappa shape index (κ2) is 5.03. The number of phenols is 1. The van der Waals surface area contributed by atoms with Crippen LogP contribution in [0.25, 0.3) is 0 Å². The lowest BCUT2D eigenvalue weighted by Gasteiger charge is -2.25. The zero-order valence-corrected chi connectivity index (χ0v) is 9.76. The van der Waals surface area contributed by atoms with Gasteiger partial charge in [0.25, 0.3) is 11.6 Å². The average molecular weight is 250 g/mol. The molecule has 0 spiro atoms. The zero-order valence-electron chi connectivity index (χ0n) is 9.76. The highest BCUT2D eigenvalue weighted by atomic mass is 16.6. The van der Waals surface area contributed by atoms with E-state index >= 15 is 0 Å². The first-order valence-electron chi connectivity index (χ1n) is 5.83. The molecule has 1 aliphatic rings. The molecule has 0 atom stereocenters. The minimum Gasteiger partial charge on any atom is -0.508 e. The molecule has 0 unspecified atom stereocenters. The Morgan fingerprint density at radius 2 is 2.22 bits per heavy atom. The van der Waals surface area contributed by atoms with Crippen LogP contribution in [0.5, 0.6) is 5.75 Å². The first kappa shape index (κ1) is 12.3. The topological polar surface area (TPSA) is 92.5 Å². The van der Waals surface area contributed by atoms with Crippen LogP contribution in [0.15, 0.2) is 18.2 Å². The molecule has 2 N–H and O–H groups in total. The molecular weight excluding hydrogens is 236 g/mol. The summed E-state index contributed by atoms with van der Waals surface area (Å²) in [5.74, 6) is -0.191. The van der Waals surface area contributed by atoms with Gasteiger partial charge in [0.05, 0.1) is 4.92 Å². The third-order valence-electron chi connectivity index (χ3n) is 3.20. The van der Waals surface area contributed by atoms with Crippen molar-refractivity contribution in [2.75, 3.05) is 6.54 Å². The second-order valence-corrected chi connectivity index (χ2v) is 4.47. The van der Waals surface area contributed by atoms with Crippen molar-refractivity contribution in [3.63, 3.8) is 0 Å². The fourth-order valence-electron chi connectivity index (χ4n) is 1.89. The number of nitro groups is 1. The van der Waals surface area contributed by atoms with Crippen LogP contribution in [0, 0.1) is 16.0 Å². The molecule has 0 heterocycles. The van der Waals surface area contributed by atoms with Gasteiger partial charge >= 0.3 is 0 Å². The number of carbonyl (C=O) groups excluding carboxylic acids is 1. The molecule has 6 nitrogen and oxygen atoms in total. The molecule has 1 aromatic rings. The third-order valence-corrected chi connectivity index (χ3v) is 3.20. The smallest absolute Gasteiger partial charge is 0.282 e. The van der Waals surface area contributed by atoms with Crippen LogP contribution in [-0.4, -0.2) is 22.5 Å². The Labute approximate surface area is 104 Å². The Bertz CT molecular complexity index is 483. The maximum absolute atomic E-state index is 11.8. The van der Waals surface area contributed by atoms with Crippen LogP contribution in [-0.2, 0) is 0 Å². The summed E-state index contributed by atoms with van der Waals surface area (Å²) in [6.07, 6.45) is 3.34. The Hall–Kier alpha value is -2.11. The molecule has 0 aliphatic heterocycles. The van der Waals surface area contributed by atoms with Gasteiger partial charge in [0.15, 0.2) is 0 Å². The number of hydrogen-bond donors (Lipinski definition) is 2. The summed E-state index contributed by atoms with van der Waals surface area (Å²) >= 11 is 0. The van der Waals surface area contributed by atoms with E-state index in [0.717, 1.165) is 25.0 Å². The van der Waals surface area contributed by atoms with E-state index in [2.05, 4.69) is 5.32 Å². The molecule has 2 rings (SSSR count). The van der Waals surface area contributed by atoms with Crippen LogP contribution in [0.1, 0.15) is 29.6 Å². The summed E-state index contributed by atoms with van der Waals surface area (Å²) in [7, 11) is 0. The van der Waals surface area contributed by atoms with Crippen molar-refractivity contribution < 1.29 is 14.8 Å². The molecule has 0 bridgehead atoms. The second-order valence-electron chi connectivity index (χ2n) is 4.47. The summed E-state index contributed by atoms with van der Waals surface area (Å²) in [6.45, 7) is 0.533. The maximum atomic E-state index is 11.8. The van der Waals surface area contributed by atoms with Crippen LogP contribution in [0.2, 0.25) is 0 Å². The summed E-state index contributed by atoms with van der Waals surface area (Å²) in [5, 5.41) is 22.8. The number of benzene rings is 1. The number of hydrogen-bond acceptors (Lipinski definition) is 4. The predicted octanol–water partition coefficient (Wildman–Crippen LogP) is 1.83. The number of aromatic hydroxyl groups is 1. The number of nitrogens with zero attached hydrogens (tertiary/aromatic N) is 1. The normalized spacial score (nSPS) is 14.9. The van der Waals surface area contributed by atoms with Crippen molar-refractivity contribution >= 4 is 11.6 Å². The summed E-state index contributed by atoms with van der Waals surface area (Å²) in [5.41, 5.74) is -0.391. The third kappa shape index (κ3) is 2.58. The maximum Gasteiger partial charge on any atom is 0.282 e. The molecule has 1 aliphatic carbocycles. The number of nitrogens with one attached hydrogen (secondary N) is 1. The lowest BCUT2D eigenvalue weighted by Crippen LogP contribution is -2.32. The van der Waals surface area contributed by atoms with Crippen molar-refractivity contribution in [2.24, 2.45) is 5.92 Å². The molecular formula is C12H14N2O4. The van der Waals surface area contributed by atoms with E-state index in [-0.39, 0.29) is 17.0 Å². The van der Waals surface area contributed by atoms with Crippen molar-refractivity contribution in [3.8, 4) is 5.75 Å². The Morgan fingerprint density at radius 3 is 2.78 bits per heavy atom. The van der Waals surface area contributed by atoms with Crippen molar-refractivity contribution in [3.05, 3.63) is 33.9 Å². The van der Waals surface area contributed by atoms with E-state index in [0.29, 0.717) is 12.5 Å². The first-order chi connectivity index (χ1) is 8.58. The van der Waals surface area contributed by atoms with Gasteiger partial charge in [-0.05, 0) is 30.9 Å². The minimum absolute atomic E-state index is 0.0978. The van der Waals surface area contributed by atoms with Gasteiger partial charge in [0.1, 0.15) is 11.3 Å². The Balaban J connectivity index is 2.11. The first-order valence-corrected chi connectivity index (χ1v) is 5.83. The van der Waals surface area contributed by atoms with Gasteiger partial charge in [-0.3, -0.25) is 14.9 Å². The lowest BCUT2D eigenvalue weighted by atomic mass is 9.85. The van der Waals surface area contributed by atoms with E-state index in [1.807, 2.05) is 0 Å². The van der Waals surface area contributed by atoms with Crippen molar-refractivity contribution in [1.82, 2.24) is 5.32 Å². The highest BCUT2D eigenvalue weighted by molar-refractivity contribution is 5.98. The molecule has 1 fully saturated rings. The minimum atomic E-state index is -0.627. The molecule has 1 aromatic carbocycles. The number of carbonyl (C=O) groups is 1. The van der Waals surface area contributed by atoms with Gasteiger partial charge in [-0.15, -0.1) is 0 Å². The SMILES string of the molecule is O=C(NCC1CCC1)c1cc(O)ccc1[N+](=O)[O-]. The molecule has 6 heteroatoms. The Kier molecular flexibility index (Phi) is 3.45. The fraction of sp³-hybridized carbons (Fsp3) is 0.417. The molecule has 1 saturated carbocycles. The molecule has 0 aromatic heterocycles. The van der Waals surface area contributed by atoms with Crippen LogP contribution in [0.3, 0.4) is 0 Å². The van der Waals surface area contributed by atoms with Gasteiger partial charge in [0.2, 0.25) is 0 Å². The standard InChI is InChI=1S/C12H14N2O4/c15-9-4-5-11(14(17)18)10(6-9)12(16)13-7-8-2-1-3-8/h4-6,8,15H,1-3,7H2,(H,13,16). The van der Waals surface area contributed by atoms with Gasteiger partial charge in [-0.25, -0.2) is 0 Å². The number of nitro benzene ring substituents is 1. The number of phenolic OH excluding ortho intramolecular Hbond substituents is 1.